The van der Waals surface area contributed by atoms with Gasteiger partial charge in [0.05, 0.1) is 7.11 Å². The average molecular weight is 262 g/mol. The Morgan fingerprint density at radius 3 is 2.26 bits per heavy atom. The second-order valence-corrected chi connectivity index (χ2v) is 3.71. The molecule has 1 aromatic carbocycles. The van der Waals surface area contributed by atoms with Crippen LogP contribution in [-0.2, 0) is 19.0 Å². The minimum Gasteiger partial charge on any atom is -0.466 e. The van der Waals surface area contributed by atoms with Crippen molar-refractivity contribution in [1.29, 1.82) is 0 Å². The molecule has 1 aromatic rings. The molecule has 0 aromatic heterocycles. The van der Waals surface area contributed by atoms with Crippen LogP contribution in [0.3, 0.4) is 0 Å². The normalized spacial score (nSPS) is 12.1. The monoisotopic (exact) mass is 262 g/mol. The van der Waals surface area contributed by atoms with Gasteiger partial charge in [-0.1, -0.05) is 42.5 Å². The van der Waals surface area contributed by atoms with Gasteiger partial charge in [0, 0.05) is 25.9 Å². The number of rotatable bonds is 6. The lowest BCUT2D eigenvalue weighted by molar-refractivity contribution is -0.135. The molecule has 0 saturated carbocycles. The van der Waals surface area contributed by atoms with Crippen molar-refractivity contribution >= 4 is 12.0 Å². The topological polar surface area (TPSA) is 44.8 Å². The molecular weight excluding hydrogens is 244 g/mol. The molecule has 0 fully saturated rings. The molecule has 0 N–H and O–H groups in total. The van der Waals surface area contributed by atoms with Crippen molar-refractivity contribution in [1.82, 2.24) is 0 Å². The van der Waals surface area contributed by atoms with Gasteiger partial charge >= 0.3 is 5.97 Å². The standard InChI is InChI=1S/C15H18O4/c1-17-14(16)11-13(15(18-2)19-3)10-9-12-7-5-4-6-8-12/h4-11,15H,1-3H3/b10-9+,13-11-. The molecule has 0 aliphatic rings. The molecule has 4 heteroatoms. The molecular formula is C15H18O4. The van der Waals surface area contributed by atoms with Crippen LogP contribution in [0.25, 0.3) is 6.08 Å². The number of esters is 1. The number of hydrogen-bond donors (Lipinski definition) is 0. The summed E-state index contributed by atoms with van der Waals surface area (Å²) >= 11 is 0. The van der Waals surface area contributed by atoms with Crippen LogP contribution < -0.4 is 0 Å². The average Bonchev–Trinajstić information content (AvgIpc) is 2.46. The van der Waals surface area contributed by atoms with Crippen molar-refractivity contribution in [3.8, 4) is 0 Å². The first kappa shape index (κ1) is 15.1. The molecule has 4 nitrogen and oxygen atoms in total. The molecule has 0 radical (unpaired) electrons. The predicted molar refractivity (Wildman–Crippen MR) is 73.4 cm³/mol. The van der Waals surface area contributed by atoms with Gasteiger partial charge in [0.15, 0.2) is 6.29 Å². The van der Waals surface area contributed by atoms with E-state index in [1.165, 1.54) is 27.4 Å². The Morgan fingerprint density at radius 1 is 1.11 bits per heavy atom. The SMILES string of the molecule is COC(=O)/C=C(/C=C/c1ccccc1)C(OC)OC. The van der Waals surface area contributed by atoms with Crippen LogP contribution in [0.5, 0.6) is 0 Å². The van der Waals surface area contributed by atoms with E-state index in [0.29, 0.717) is 5.57 Å². The first-order valence-electron chi connectivity index (χ1n) is 5.79. The van der Waals surface area contributed by atoms with Crippen LogP contribution in [0.4, 0.5) is 0 Å². The highest BCUT2D eigenvalue weighted by molar-refractivity contribution is 5.83. The zero-order valence-corrected chi connectivity index (χ0v) is 11.3. The van der Waals surface area contributed by atoms with Crippen LogP contribution in [0.1, 0.15) is 5.56 Å². The van der Waals surface area contributed by atoms with Crippen LogP contribution in [0.15, 0.2) is 48.1 Å². The molecule has 0 spiro atoms. The first-order valence-corrected chi connectivity index (χ1v) is 5.79. The van der Waals surface area contributed by atoms with Crippen LogP contribution in [0.2, 0.25) is 0 Å². The quantitative estimate of drug-likeness (QED) is 0.342. The summed E-state index contributed by atoms with van der Waals surface area (Å²) in [5.41, 5.74) is 1.60. The Kier molecular flexibility index (Phi) is 6.57. The summed E-state index contributed by atoms with van der Waals surface area (Å²) in [7, 11) is 4.34. The van der Waals surface area contributed by atoms with E-state index in [1.807, 2.05) is 36.4 Å². The minimum absolute atomic E-state index is 0.452. The summed E-state index contributed by atoms with van der Waals surface area (Å²) in [5.74, 6) is -0.452. The maximum absolute atomic E-state index is 11.3. The van der Waals surface area contributed by atoms with E-state index in [-0.39, 0.29) is 0 Å². The first-order chi connectivity index (χ1) is 9.21. The number of methoxy groups -OCH3 is 3. The Balaban J connectivity index is 2.94. The van der Waals surface area contributed by atoms with E-state index in [1.54, 1.807) is 6.08 Å². The Labute approximate surface area is 113 Å². The Hall–Kier alpha value is -1.91. The van der Waals surface area contributed by atoms with E-state index < -0.39 is 12.3 Å². The number of carbonyl (C=O) groups is 1. The largest absolute Gasteiger partial charge is 0.466 e. The van der Waals surface area contributed by atoms with E-state index in [0.717, 1.165) is 5.56 Å². The Bertz CT molecular complexity index is 444. The molecule has 0 amide bonds. The van der Waals surface area contributed by atoms with Crippen molar-refractivity contribution in [3.63, 3.8) is 0 Å². The highest BCUT2D eigenvalue weighted by Gasteiger charge is 2.11. The molecule has 19 heavy (non-hydrogen) atoms. The van der Waals surface area contributed by atoms with Crippen molar-refractivity contribution in [3.05, 3.63) is 53.6 Å². The fourth-order valence-corrected chi connectivity index (χ4v) is 1.51. The highest BCUT2D eigenvalue weighted by Crippen LogP contribution is 2.12. The van der Waals surface area contributed by atoms with E-state index in [2.05, 4.69) is 4.74 Å². The summed E-state index contributed by atoms with van der Waals surface area (Å²) in [6.07, 6.45) is 4.37. The maximum atomic E-state index is 11.3. The van der Waals surface area contributed by atoms with Gasteiger partial charge in [-0.3, -0.25) is 0 Å². The summed E-state index contributed by atoms with van der Waals surface area (Å²) < 4.78 is 14.9. The fraction of sp³-hybridized carbons (Fsp3) is 0.267. The van der Waals surface area contributed by atoms with Crippen molar-refractivity contribution in [2.24, 2.45) is 0 Å². The Morgan fingerprint density at radius 2 is 1.74 bits per heavy atom. The molecule has 0 atom stereocenters. The molecule has 0 unspecified atom stereocenters. The fourth-order valence-electron chi connectivity index (χ4n) is 1.51. The third-order valence-corrected chi connectivity index (χ3v) is 2.45. The van der Waals surface area contributed by atoms with E-state index in [9.17, 15) is 4.79 Å². The van der Waals surface area contributed by atoms with Crippen LogP contribution >= 0.6 is 0 Å². The lowest BCUT2D eigenvalue weighted by Gasteiger charge is -2.14. The van der Waals surface area contributed by atoms with Gasteiger partial charge in [0.25, 0.3) is 0 Å². The second kappa shape index (κ2) is 8.24. The summed E-state index contributed by atoms with van der Waals surface area (Å²) in [6, 6.07) is 9.73. The molecule has 1 rings (SSSR count). The van der Waals surface area contributed by atoms with Crippen molar-refractivity contribution in [2.75, 3.05) is 21.3 Å². The second-order valence-electron chi connectivity index (χ2n) is 3.71. The third-order valence-electron chi connectivity index (χ3n) is 2.45. The van der Waals surface area contributed by atoms with Gasteiger partial charge < -0.3 is 14.2 Å². The summed E-state index contributed by atoms with van der Waals surface area (Å²) in [6.45, 7) is 0. The van der Waals surface area contributed by atoms with Crippen LogP contribution in [-0.4, -0.2) is 33.6 Å². The smallest absolute Gasteiger partial charge is 0.330 e. The molecule has 0 bridgehead atoms. The third kappa shape index (κ3) is 5.07. The summed E-state index contributed by atoms with van der Waals surface area (Å²) in [4.78, 5) is 11.3. The lowest BCUT2D eigenvalue weighted by Crippen LogP contribution is -2.16. The maximum Gasteiger partial charge on any atom is 0.330 e. The van der Waals surface area contributed by atoms with Gasteiger partial charge in [-0.05, 0) is 5.56 Å². The van der Waals surface area contributed by atoms with E-state index in [4.69, 9.17) is 9.47 Å². The molecule has 0 saturated heterocycles. The minimum atomic E-state index is -0.612. The lowest BCUT2D eigenvalue weighted by atomic mass is 10.1. The van der Waals surface area contributed by atoms with E-state index >= 15 is 0 Å². The van der Waals surface area contributed by atoms with Crippen molar-refractivity contribution in [2.45, 2.75) is 6.29 Å². The van der Waals surface area contributed by atoms with Gasteiger partial charge in [0.2, 0.25) is 0 Å². The van der Waals surface area contributed by atoms with Gasteiger partial charge in [0.1, 0.15) is 0 Å². The number of benzene rings is 1. The number of ether oxygens (including phenoxy) is 3. The zero-order chi connectivity index (χ0) is 14.1. The highest BCUT2D eigenvalue weighted by atomic mass is 16.7. The molecule has 0 aliphatic carbocycles. The zero-order valence-electron chi connectivity index (χ0n) is 11.3. The summed E-state index contributed by atoms with van der Waals surface area (Å²) in [5, 5.41) is 0. The van der Waals surface area contributed by atoms with Gasteiger partial charge in [-0.25, -0.2) is 4.79 Å². The number of hydrogen-bond acceptors (Lipinski definition) is 4. The molecule has 0 heterocycles. The molecule has 102 valence electrons. The van der Waals surface area contributed by atoms with Crippen molar-refractivity contribution < 1.29 is 19.0 Å². The molecule has 0 aliphatic heterocycles. The van der Waals surface area contributed by atoms with Crippen LogP contribution in [0, 0.1) is 0 Å². The van der Waals surface area contributed by atoms with Gasteiger partial charge in [-0.15, -0.1) is 0 Å². The predicted octanol–water partition coefficient (Wildman–Crippen LogP) is 2.42. The number of carbonyl (C=O) groups excluding carboxylic acids is 1. The van der Waals surface area contributed by atoms with Gasteiger partial charge in [-0.2, -0.15) is 0 Å².